The van der Waals surface area contributed by atoms with E-state index in [1.165, 1.54) is 30.3 Å². The molecule has 0 spiro atoms. The zero-order chi connectivity index (χ0) is 21.9. The summed E-state index contributed by atoms with van der Waals surface area (Å²) in [4.78, 5) is 0. The van der Waals surface area contributed by atoms with Gasteiger partial charge in [0.1, 0.15) is 5.75 Å². The number of nitrogens with one attached hydrogen (secondary N) is 1. The van der Waals surface area contributed by atoms with Crippen molar-refractivity contribution in [1.29, 1.82) is 0 Å². The highest BCUT2D eigenvalue weighted by Gasteiger charge is 2.53. The molecule has 2 rings (SSSR count). The summed E-state index contributed by atoms with van der Waals surface area (Å²) < 4.78 is 94.6. The Hall–Kier alpha value is -2.53. The third-order valence-corrected chi connectivity index (χ3v) is 3.87. The molecule has 2 aromatic carbocycles. The summed E-state index contributed by atoms with van der Waals surface area (Å²) in [7, 11) is 0. The van der Waals surface area contributed by atoms with Crippen LogP contribution in [0, 0.1) is 0 Å². The SMILES string of the molecule is Nc1cccc(CC(O)(NCc2cccc(OC(F)(F)C(F)F)c2)C(F)(F)F)c1. The first-order valence-electron chi connectivity index (χ1n) is 8.15. The molecular formula is C18H17F7N2O2. The molecule has 0 aliphatic rings. The number of nitrogen functional groups attached to an aromatic ring is 1. The summed E-state index contributed by atoms with van der Waals surface area (Å²) in [6.45, 7) is -0.615. The van der Waals surface area contributed by atoms with Crippen molar-refractivity contribution in [2.75, 3.05) is 5.73 Å². The standard InChI is InChI=1S/C18H17F7N2O2/c19-15(20)17(21,22)29-14-6-2-4-12(8-14)10-27-16(28,18(23,24)25)9-11-3-1-5-13(26)7-11/h1-8,15,27-28H,9-10,26H2. The van der Waals surface area contributed by atoms with Crippen molar-refractivity contribution >= 4 is 5.69 Å². The van der Waals surface area contributed by atoms with Crippen LogP contribution in [0.1, 0.15) is 11.1 Å². The Morgan fingerprint density at radius 3 is 2.17 bits per heavy atom. The number of hydrogen-bond acceptors (Lipinski definition) is 4. The maximum absolute atomic E-state index is 13.4. The molecule has 0 saturated heterocycles. The zero-order valence-electron chi connectivity index (χ0n) is 14.7. The molecule has 0 amide bonds. The van der Waals surface area contributed by atoms with Crippen molar-refractivity contribution in [3.05, 3.63) is 59.7 Å². The second-order valence-electron chi connectivity index (χ2n) is 6.25. The Kier molecular flexibility index (Phi) is 6.63. The van der Waals surface area contributed by atoms with Gasteiger partial charge in [-0.15, -0.1) is 0 Å². The van der Waals surface area contributed by atoms with Gasteiger partial charge in [-0.1, -0.05) is 24.3 Å². The summed E-state index contributed by atoms with van der Waals surface area (Å²) in [5.74, 6) is -0.666. The highest BCUT2D eigenvalue weighted by molar-refractivity contribution is 5.41. The number of ether oxygens (including phenoxy) is 1. The van der Waals surface area contributed by atoms with Crippen LogP contribution in [0.4, 0.5) is 36.4 Å². The smallest absolute Gasteiger partial charge is 0.428 e. The van der Waals surface area contributed by atoms with Crippen LogP contribution < -0.4 is 15.8 Å². The van der Waals surface area contributed by atoms with Gasteiger partial charge in [-0.05, 0) is 35.4 Å². The summed E-state index contributed by atoms with van der Waals surface area (Å²) in [5.41, 5.74) is 2.47. The van der Waals surface area contributed by atoms with E-state index in [4.69, 9.17) is 5.73 Å². The van der Waals surface area contributed by atoms with Crippen molar-refractivity contribution in [1.82, 2.24) is 5.32 Å². The number of rotatable bonds is 8. The van der Waals surface area contributed by atoms with E-state index in [0.29, 0.717) is 0 Å². The van der Waals surface area contributed by atoms with Gasteiger partial charge in [-0.3, -0.25) is 5.32 Å². The van der Waals surface area contributed by atoms with Crippen LogP contribution in [-0.4, -0.2) is 29.5 Å². The first-order valence-corrected chi connectivity index (χ1v) is 8.15. The molecule has 0 bridgehead atoms. The summed E-state index contributed by atoms with van der Waals surface area (Å²) in [5, 5.41) is 12.1. The average Bonchev–Trinajstić information content (AvgIpc) is 2.59. The van der Waals surface area contributed by atoms with Gasteiger partial charge in [-0.25, -0.2) is 0 Å². The van der Waals surface area contributed by atoms with E-state index in [9.17, 15) is 35.8 Å². The maximum Gasteiger partial charge on any atom is 0.461 e. The predicted molar refractivity (Wildman–Crippen MR) is 90.4 cm³/mol. The molecule has 4 nitrogen and oxygen atoms in total. The molecule has 0 radical (unpaired) electrons. The van der Waals surface area contributed by atoms with Crippen LogP contribution in [0.2, 0.25) is 0 Å². The van der Waals surface area contributed by atoms with Gasteiger partial charge in [-0.2, -0.15) is 30.7 Å². The minimum absolute atomic E-state index is 0.0113. The minimum atomic E-state index is -5.09. The molecule has 1 atom stereocenters. The fourth-order valence-corrected chi connectivity index (χ4v) is 2.43. The first-order chi connectivity index (χ1) is 13.3. The Balaban J connectivity index is 2.16. The van der Waals surface area contributed by atoms with Crippen molar-refractivity contribution in [3.8, 4) is 5.75 Å². The van der Waals surface area contributed by atoms with Gasteiger partial charge in [0.25, 0.3) is 0 Å². The molecule has 4 N–H and O–H groups in total. The van der Waals surface area contributed by atoms with Crippen molar-refractivity contribution in [3.63, 3.8) is 0 Å². The number of benzene rings is 2. The number of nitrogens with two attached hydrogens (primary N) is 1. The van der Waals surface area contributed by atoms with Crippen LogP contribution in [0.5, 0.6) is 5.75 Å². The van der Waals surface area contributed by atoms with Crippen LogP contribution in [0.3, 0.4) is 0 Å². The summed E-state index contributed by atoms with van der Waals surface area (Å²) >= 11 is 0. The van der Waals surface area contributed by atoms with Gasteiger partial charge in [0.15, 0.2) is 0 Å². The van der Waals surface area contributed by atoms with Gasteiger partial charge in [0.05, 0.1) is 0 Å². The molecule has 0 aromatic heterocycles. The van der Waals surface area contributed by atoms with Crippen LogP contribution in [0.25, 0.3) is 0 Å². The van der Waals surface area contributed by atoms with Crippen LogP contribution in [0.15, 0.2) is 48.5 Å². The largest absolute Gasteiger partial charge is 0.461 e. The Morgan fingerprint density at radius 1 is 0.966 bits per heavy atom. The zero-order valence-corrected chi connectivity index (χ0v) is 14.7. The number of hydrogen-bond donors (Lipinski definition) is 3. The second kappa shape index (κ2) is 8.46. The van der Waals surface area contributed by atoms with E-state index in [2.05, 4.69) is 4.74 Å². The fraction of sp³-hybridized carbons (Fsp3) is 0.333. The van der Waals surface area contributed by atoms with Crippen LogP contribution >= 0.6 is 0 Å². The number of aliphatic hydroxyl groups is 1. The highest BCUT2D eigenvalue weighted by Crippen LogP contribution is 2.32. The van der Waals surface area contributed by atoms with Gasteiger partial charge >= 0.3 is 18.7 Å². The molecule has 0 saturated carbocycles. The molecule has 0 heterocycles. The van der Waals surface area contributed by atoms with Crippen molar-refractivity contribution in [2.24, 2.45) is 0 Å². The molecule has 2 aromatic rings. The lowest BCUT2D eigenvalue weighted by Crippen LogP contribution is -2.58. The third-order valence-electron chi connectivity index (χ3n) is 3.87. The third kappa shape index (κ3) is 5.97. The topological polar surface area (TPSA) is 67.5 Å². The van der Waals surface area contributed by atoms with E-state index in [1.54, 1.807) is 0 Å². The lowest BCUT2D eigenvalue weighted by atomic mass is 10.0. The molecular weight excluding hydrogens is 409 g/mol. The highest BCUT2D eigenvalue weighted by atomic mass is 19.4. The van der Waals surface area contributed by atoms with Crippen molar-refractivity contribution < 1.29 is 40.6 Å². The molecule has 29 heavy (non-hydrogen) atoms. The second-order valence-corrected chi connectivity index (χ2v) is 6.25. The quantitative estimate of drug-likeness (QED) is 0.338. The van der Waals surface area contributed by atoms with E-state index < -0.39 is 43.2 Å². The fourth-order valence-electron chi connectivity index (χ4n) is 2.43. The molecule has 0 aliphatic carbocycles. The molecule has 0 fully saturated rings. The Bertz CT molecular complexity index is 830. The van der Waals surface area contributed by atoms with E-state index >= 15 is 0 Å². The summed E-state index contributed by atoms with van der Waals surface area (Å²) in [6.07, 6.45) is -14.8. The van der Waals surface area contributed by atoms with E-state index in [-0.39, 0.29) is 16.8 Å². The predicted octanol–water partition coefficient (Wildman–Crippen LogP) is 4.09. The van der Waals surface area contributed by atoms with Gasteiger partial charge < -0.3 is 15.6 Å². The van der Waals surface area contributed by atoms with Crippen molar-refractivity contribution in [2.45, 2.75) is 37.4 Å². The number of alkyl halides is 7. The number of anilines is 1. The summed E-state index contributed by atoms with van der Waals surface area (Å²) in [6, 6.07) is 9.68. The van der Waals surface area contributed by atoms with Crippen LogP contribution in [-0.2, 0) is 13.0 Å². The van der Waals surface area contributed by atoms with Gasteiger partial charge in [0.2, 0.25) is 5.72 Å². The minimum Gasteiger partial charge on any atom is -0.428 e. The molecule has 160 valence electrons. The average molecular weight is 426 g/mol. The first kappa shape index (κ1) is 22.8. The Morgan fingerprint density at radius 2 is 1.59 bits per heavy atom. The molecule has 0 aliphatic heterocycles. The van der Waals surface area contributed by atoms with E-state index in [1.807, 2.05) is 5.32 Å². The molecule has 11 heteroatoms. The normalized spacial score (nSPS) is 14.7. The molecule has 1 unspecified atom stereocenters. The Labute approximate surface area is 161 Å². The van der Waals surface area contributed by atoms with E-state index in [0.717, 1.165) is 18.2 Å². The lowest BCUT2D eigenvalue weighted by molar-refractivity contribution is -0.273. The maximum atomic E-state index is 13.4. The number of halogens is 7. The van der Waals surface area contributed by atoms with Gasteiger partial charge in [0, 0.05) is 18.7 Å². The monoisotopic (exact) mass is 426 g/mol. The lowest BCUT2D eigenvalue weighted by Gasteiger charge is -2.32.